The van der Waals surface area contributed by atoms with E-state index in [4.69, 9.17) is 15.2 Å². The molecule has 1 fully saturated rings. The predicted molar refractivity (Wildman–Crippen MR) is 41.6 cm³/mol. The third-order valence-corrected chi connectivity index (χ3v) is 1.68. The highest BCUT2D eigenvalue weighted by atomic mass is 19.1. The lowest BCUT2D eigenvalue weighted by Gasteiger charge is -2.26. The van der Waals surface area contributed by atoms with E-state index in [1.165, 1.54) is 0 Å². The highest BCUT2D eigenvalue weighted by molar-refractivity contribution is 5.46. The molecule has 0 amide bonds. The number of halogens is 1. The zero-order valence-corrected chi connectivity index (χ0v) is 6.74. The third kappa shape index (κ3) is 1.52. The molecule has 0 saturated carbocycles. The van der Waals surface area contributed by atoms with Crippen LogP contribution in [0.5, 0.6) is 5.88 Å². The van der Waals surface area contributed by atoms with E-state index < -0.39 is 5.95 Å². The quantitative estimate of drug-likeness (QED) is 0.655. The smallest absolute Gasteiger partial charge is 0.243 e. The lowest BCUT2D eigenvalue weighted by molar-refractivity contribution is -0.0811. The minimum Gasteiger partial charge on any atom is -0.468 e. The lowest BCUT2D eigenvalue weighted by atomic mass is 10.3. The Balaban J connectivity index is 2.14. The Morgan fingerprint density at radius 3 is 2.92 bits per heavy atom. The molecule has 5 nitrogen and oxygen atoms in total. The van der Waals surface area contributed by atoms with Gasteiger partial charge in [0.25, 0.3) is 0 Å². The van der Waals surface area contributed by atoms with Crippen LogP contribution in [0.2, 0.25) is 0 Å². The Labute approximate surface area is 73.7 Å². The van der Waals surface area contributed by atoms with Crippen LogP contribution >= 0.6 is 0 Å². The van der Waals surface area contributed by atoms with Crippen molar-refractivity contribution < 1.29 is 13.9 Å². The van der Waals surface area contributed by atoms with Crippen LogP contribution < -0.4 is 10.5 Å². The summed E-state index contributed by atoms with van der Waals surface area (Å²) in [5.74, 6) is -0.675. The summed E-state index contributed by atoms with van der Waals surface area (Å²) in [6, 6.07) is 0. The minimum atomic E-state index is -0.759. The van der Waals surface area contributed by atoms with Gasteiger partial charge in [-0.1, -0.05) is 0 Å². The van der Waals surface area contributed by atoms with Gasteiger partial charge in [0.2, 0.25) is 11.8 Å². The van der Waals surface area contributed by atoms with Crippen LogP contribution in [0.1, 0.15) is 0 Å². The number of aromatic nitrogens is 2. The zero-order valence-electron chi connectivity index (χ0n) is 6.74. The molecule has 70 valence electrons. The van der Waals surface area contributed by atoms with Crippen LogP contribution in [-0.4, -0.2) is 29.3 Å². The van der Waals surface area contributed by atoms with Crippen molar-refractivity contribution in [3.05, 3.63) is 12.3 Å². The molecule has 0 aromatic carbocycles. The van der Waals surface area contributed by atoms with E-state index in [0.717, 1.165) is 6.33 Å². The first-order valence-electron chi connectivity index (χ1n) is 3.77. The van der Waals surface area contributed by atoms with Gasteiger partial charge in [-0.3, -0.25) is 0 Å². The summed E-state index contributed by atoms with van der Waals surface area (Å²) in [4.78, 5) is 6.98. The van der Waals surface area contributed by atoms with Gasteiger partial charge in [-0.25, -0.2) is 4.98 Å². The SMILES string of the molecule is Nc1c(F)ncnc1OC1COC1. The summed E-state index contributed by atoms with van der Waals surface area (Å²) < 4.78 is 22.9. The summed E-state index contributed by atoms with van der Waals surface area (Å²) in [6.07, 6.45) is 0.997. The first-order chi connectivity index (χ1) is 6.27. The van der Waals surface area contributed by atoms with E-state index in [0.29, 0.717) is 13.2 Å². The van der Waals surface area contributed by atoms with Gasteiger partial charge < -0.3 is 15.2 Å². The number of rotatable bonds is 2. The maximum Gasteiger partial charge on any atom is 0.243 e. The summed E-state index contributed by atoms with van der Waals surface area (Å²) in [6.45, 7) is 0.982. The molecule has 1 aliphatic heterocycles. The Kier molecular flexibility index (Phi) is 1.97. The molecule has 2 N–H and O–H groups in total. The summed E-state index contributed by atoms with van der Waals surface area (Å²) in [7, 11) is 0. The highest BCUT2D eigenvalue weighted by Crippen LogP contribution is 2.21. The van der Waals surface area contributed by atoms with Crippen molar-refractivity contribution in [2.45, 2.75) is 6.10 Å². The first-order valence-corrected chi connectivity index (χ1v) is 3.77. The average Bonchev–Trinajstić information content (AvgIpc) is 2.04. The molecule has 1 saturated heterocycles. The van der Waals surface area contributed by atoms with Crippen LogP contribution in [-0.2, 0) is 4.74 Å². The first kappa shape index (κ1) is 8.18. The molecule has 0 unspecified atom stereocenters. The lowest BCUT2D eigenvalue weighted by Crippen LogP contribution is -2.39. The number of nitrogens with zero attached hydrogens (tertiary/aromatic N) is 2. The average molecular weight is 185 g/mol. The Morgan fingerprint density at radius 1 is 1.54 bits per heavy atom. The van der Waals surface area contributed by atoms with Crippen molar-refractivity contribution in [2.75, 3.05) is 18.9 Å². The van der Waals surface area contributed by atoms with Gasteiger partial charge in [-0.15, -0.1) is 0 Å². The normalized spacial score (nSPS) is 16.7. The summed E-state index contributed by atoms with van der Waals surface area (Å²) >= 11 is 0. The largest absolute Gasteiger partial charge is 0.468 e. The van der Waals surface area contributed by atoms with Crippen LogP contribution in [0, 0.1) is 5.95 Å². The number of nitrogen functional groups attached to an aromatic ring is 1. The molecular weight excluding hydrogens is 177 g/mol. The number of nitrogens with two attached hydrogens (primary N) is 1. The van der Waals surface area contributed by atoms with Crippen molar-refractivity contribution in [3.63, 3.8) is 0 Å². The van der Waals surface area contributed by atoms with E-state index in [9.17, 15) is 4.39 Å². The monoisotopic (exact) mass is 185 g/mol. The van der Waals surface area contributed by atoms with Crippen LogP contribution in [0.3, 0.4) is 0 Å². The maximum absolute atomic E-state index is 12.8. The molecular formula is C7H8FN3O2. The van der Waals surface area contributed by atoms with E-state index >= 15 is 0 Å². The van der Waals surface area contributed by atoms with Crippen LogP contribution in [0.15, 0.2) is 6.33 Å². The fourth-order valence-electron chi connectivity index (χ4n) is 0.893. The molecule has 6 heteroatoms. The molecule has 0 spiro atoms. The minimum absolute atomic E-state index is 0.0726. The number of hydrogen-bond donors (Lipinski definition) is 1. The van der Waals surface area contributed by atoms with Crippen molar-refractivity contribution in [1.29, 1.82) is 0 Å². The fourth-order valence-corrected chi connectivity index (χ4v) is 0.893. The van der Waals surface area contributed by atoms with Gasteiger partial charge in [0.05, 0.1) is 13.2 Å². The summed E-state index contributed by atoms with van der Waals surface area (Å²) in [5, 5.41) is 0. The second kappa shape index (κ2) is 3.14. The standard InChI is InChI=1S/C7H8FN3O2/c8-6-5(9)7(11-3-10-6)13-4-1-12-2-4/h3-4H,1-2,9H2. The molecule has 1 aromatic heterocycles. The number of ether oxygens (including phenoxy) is 2. The number of anilines is 1. The maximum atomic E-state index is 12.8. The predicted octanol–water partition coefficient (Wildman–Crippen LogP) is -0.0245. The molecule has 2 heterocycles. The highest BCUT2D eigenvalue weighted by Gasteiger charge is 2.22. The van der Waals surface area contributed by atoms with Gasteiger partial charge in [0.15, 0.2) is 5.69 Å². The van der Waals surface area contributed by atoms with Crippen LogP contribution in [0.25, 0.3) is 0 Å². The van der Waals surface area contributed by atoms with E-state index in [-0.39, 0.29) is 17.7 Å². The second-order valence-electron chi connectivity index (χ2n) is 2.66. The van der Waals surface area contributed by atoms with Crippen molar-refractivity contribution >= 4 is 5.69 Å². The van der Waals surface area contributed by atoms with E-state index in [1.807, 2.05) is 0 Å². The molecule has 0 radical (unpaired) electrons. The molecule has 1 aromatic rings. The van der Waals surface area contributed by atoms with Gasteiger partial charge in [0, 0.05) is 0 Å². The van der Waals surface area contributed by atoms with Crippen molar-refractivity contribution in [3.8, 4) is 5.88 Å². The van der Waals surface area contributed by atoms with Gasteiger partial charge in [0.1, 0.15) is 12.4 Å². The Hall–Kier alpha value is -1.43. The van der Waals surface area contributed by atoms with Crippen LogP contribution in [0.4, 0.5) is 10.1 Å². The number of hydrogen-bond acceptors (Lipinski definition) is 5. The van der Waals surface area contributed by atoms with Crippen molar-refractivity contribution in [1.82, 2.24) is 9.97 Å². The summed E-state index contributed by atoms with van der Waals surface area (Å²) in [5.41, 5.74) is 5.19. The molecule has 1 aliphatic rings. The van der Waals surface area contributed by atoms with E-state index in [2.05, 4.69) is 9.97 Å². The molecule has 13 heavy (non-hydrogen) atoms. The van der Waals surface area contributed by atoms with Gasteiger partial charge >= 0.3 is 0 Å². The second-order valence-corrected chi connectivity index (χ2v) is 2.66. The van der Waals surface area contributed by atoms with Gasteiger partial charge in [-0.05, 0) is 0 Å². The third-order valence-electron chi connectivity index (χ3n) is 1.68. The molecule has 0 atom stereocenters. The van der Waals surface area contributed by atoms with E-state index in [1.54, 1.807) is 0 Å². The fraction of sp³-hybridized carbons (Fsp3) is 0.429. The van der Waals surface area contributed by atoms with Crippen molar-refractivity contribution in [2.24, 2.45) is 0 Å². The molecule has 2 rings (SSSR count). The van der Waals surface area contributed by atoms with Gasteiger partial charge in [-0.2, -0.15) is 9.37 Å². The topological polar surface area (TPSA) is 70.3 Å². The molecule has 0 aliphatic carbocycles. The Bertz CT molecular complexity index is 317. The zero-order chi connectivity index (χ0) is 9.26. The Morgan fingerprint density at radius 2 is 2.31 bits per heavy atom. The molecule has 0 bridgehead atoms.